The molecule has 6 heteroatoms. The highest BCUT2D eigenvalue weighted by molar-refractivity contribution is 5.42. The molecule has 6 nitrogen and oxygen atoms in total. The van der Waals surface area contributed by atoms with E-state index >= 15 is 0 Å². The van der Waals surface area contributed by atoms with Crippen LogP contribution in [0.15, 0.2) is 48.5 Å². The Kier molecular flexibility index (Phi) is 6.58. The van der Waals surface area contributed by atoms with E-state index < -0.39 is 12.3 Å². The summed E-state index contributed by atoms with van der Waals surface area (Å²) < 4.78 is 5.49. The first-order chi connectivity index (χ1) is 11.6. The molecule has 2 aromatic rings. The van der Waals surface area contributed by atoms with Gasteiger partial charge in [0.25, 0.3) is 0 Å². The minimum Gasteiger partial charge on any atom is -0.508 e. The Morgan fingerprint density at radius 1 is 1.12 bits per heavy atom. The van der Waals surface area contributed by atoms with E-state index in [1.807, 2.05) is 6.07 Å². The fourth-order valence-electron chi connectivity index (χ4n) is 2.17. The third-order valence-electron chi connectivity index (χ3n) is 3.46. The first-order valence-electron chi connectivity index (χ1n) is 7.60. The Balaban J connectivity index is 1.73. The van der Waals surface area contributed by atoms with Gasteiger partial charge in [-0.15, -0.1) is 0 Å². The molecule has 0 fully saturated rings. The number of hydrogen-bond acceptors (Lipinski definition) is 6. The van der Waals surface area contributed by atoms with Crippen LogP contribution in [0.25, 0.3) is 0 Å². The third-order valence-corrected chi connectivity index (χ3v) is 3.46. The fraction of sp³-hybridized carbons (Fsp3) is 0.278. The zero-order valence-corrected chi connectivity index (χ0v) is 13.1. The quantitative estimate of drug-likeness (QED) is 0.549. The van der Waals surface area contributed by atoms with Gasteiger partial charge in [-0.2, -0.15) is 5.26 Å². The maximum absolute atomic E-state index is 10.0. The molecule has 0 spiro atoms. The van der Waals surface area contributed by atoms with Gasteiger partial charge >= 0.3 is 0 Å². The number of aliphatic hydroxyl groups excluding tert-OH is 2. The fourth-order valence-corrected chi connectivity index (χ4v) is 2.17. The molecule has 0 aliphatic rings. The van der Waals surface area contributed by atoms with Crippen molar-refractivity contribution in [2.75, 3.05) is 13.2 Å². The van der Waals surface area contributed by atoms with Gasteiger partial charge in [0.2, 0.25) is 0 Å². The summed E-state index contributed by atoms with van der Waals surface area (Å²) in [4.78, 5) is 0. The van der Waals surface area contributed by atoms with Crippen LogP contribution in [0.2, 0.25) is 0 Å². The molecule has 0 saturated heterocycles. The van der Waals surface area contributed by atoms with Crippen LogP contribution in [0, 0.1) is 11.3 Å². The summed E-state index contributed by atoms with van der Waals surface area (Å²) in [6.45, 7) is 0.370. The molecule has 0 amide bonds. The summed E-state index contributed by atoms with van der Waals surface area (Å²) in [5.41, 5.74) is 1.01. The predicted molar refractivity (Wildman–Crippen MR) is 88.3 cm³/mol. The SMILES string of the molecule is N#Cc1ccccc1OCCC(O)NCC(O)c1cccc(O)c1. The first kappa shape index (κ1) is 17.8. The number of nitriles is 1. The molecule has 2 aromatic carbocycles. The Morgan fingerprint density at radius 3 is 2.67 bits per heavy atom. The lowest BCUT2D eigenvalue weighted by molar-refractivity contribution is 0.0835. The van der Waals surface area contributed by atoms with Crippen molar-refractivity contribution in [1.82, 2.24) is 5.32 Å². The van der Waals surface area contributed by atoms with E-state index in [1.165, 1.54) is 12.1 Å². The maximum Gasteiger partial charge on any atom is 0.137 e. The van der Waals surface area contributed by atoms with Crippen LogP contribution in [0.3, 0.4) is 0 Å². The summed E-state index contributed by atoms with van der Waals surface area (Å²) in [7, 11) is 0. The van der Waals surface area contributed by atoms with E-state index in [9.17, 15) is 15.3 Å². The van der Waals surface area contributed by atoms with Crippen LogP contribution >= 0.6 is 0 Å². The second-order valence-corrected chi connectivity index (χ2v) is 5.28. The van der Waals surface area contributed by atoms with E-state index in [-0.39, 0.29) is 18.9 Å². The molecule has 0 bridgehead atoms. The van der Waals surface area contributed by atoms with E-state index in [0.29, 0.717) is 23.3 Å². The summed E-state index contributed by atoms with van der Waals surface area (Å²) in [5, 5.41) is 41.0. The van der Waals surface area contributed by atoms with E-state index in [1.54, 1.807) is 36.4 Å². The molecule has 2 atom stereocenters. The van der Waals surface area contributed by atoms with Crippen molar-refractivity contribution < 1.29 is 20.1 Å². The van der Waals surface area contributed by atoms with Crippen LogP contribution in [-0.2, 0) is 0 Å². The number of benzene rings is 2. The smallest absolute Gasteiger partial charge is 0.137 e. The van der Waals surface area contributed by atoms with Crippen LogP contribution in [0.5, 0.6) is 11.5 Å². The number of para-hydroxylation sites is 1. The van der Waals surface area contributed by atoms with E-state index in [2.05, 4.69) is 5.32 Å². The van der Waals surface area contributed by atoms with Gasteiger partial charge in [0.15, 0.2) is 0 Å². The van der Waals surface area contributed by atoms with Crippen molar-refractivity contribution in [2.45, 2.75) is 18.8 Å². The number of rotatable bonds is 8. The Bertz CT molecular complexity index is 699. The predicted octanol–water partition coefficient (Wildman–Crippen LogP) is 1.67. The van der Waals surface area contributed by atoms with Crippen molar-refractivity contribution >= 4 is 0 Å². The number of phenolic OH excluding ortho intramolecular Hbond substituents is 1. The van der Waals surface area contributed by atoms with E-state index in [4.69, 9.17) is 10.00 Å². The average Bonchev–Trinajstić information content (AvgIpc) is 2.60. The number of aliphatic hydroxyl groups is 2. The molecule has 0 heterocycles. The minimum absolute atomic E-state index is 0.0802. The molecule has 0 saturated carbocycles. The maximum atomic E-state index is 10.0. The Labute approximate surface area is 140 Å². The van der Waals surface area contributed by atoms with Crippen LogP contribution in [-0.4, -0.2) is 34.7 Å². The molecule has 2 unspecified atom stereocenters. The lowest BCUT2D eigenvalue weighted by atomic mass is 10.1. The van der Waals surface area contributed by atoms with Gasteiger partial charge < -0.3 is 20.1 Å². The van der Waals surface area contributed by atoms with Gasteiger partial charge in [-0.25, -0.2) is 0 Å². The van der Waals surface area contributed by atoms with Crippen LogP contribution < -0.4 is 10.1 Å². The normalized spacial score (nSPS) is 13.0. The molecule has 24 heavy (non-hydrogen) atoms. The highest BCUT2D eigenvalue weighted by Crippen LogP contribution is 2.18. The zero-order valence-electron chi connectivity index (χ0n) is 13.1. The van der Waals surface area contributed by atoms with Crippen molar-refractivity contribution in [3.63, 3.8) is 0 Å². The summed E-state index contributed by atoms with van der Waals surface area (Å²) in [6.07, 6.45) is -1.40. The van der Waals surface area contributed by atoms with Crippen molar-refractivity contribution in [3.8, 4) is 17.6 Å². The summed E-state index contributed by atoms with van der Waals surface area (Å²) in [6, 6.07) is 15.3. The topological polar surface area (TPSA) is 106 Å². The molecule has 2 rings (SSSR count). The molecule has 0 aliphatic heterocycles. The third kappa shape index (κ3) is 5.25. The first-order valence-corrected chi connectivity index (χ1v) is 7.60. The number of hydrogen-bond donors (Lipinski definition) is 4. The summed E-state index contributed by atoms with van der Waals surface area (Å²) in [5.74, 6) is 0.559. The van der Waals surface area contributed by atoms with E-state index in [0.717, 1.165) is 0 Å². The highest BCUT2D eigenvalue weighted by Gasteiger charge is 2.11. The molecule has 0 aliphatic carbocycles. The molecular weight excluding hydrogens is 308 g/mol. The second kappa shape index (κ2) is 8.89. The van der Waals surface area contributed by atoms with Crippen molar-refractivity contribution in [3.05, 3.63) is 59.7 Å². The largest absolute Gasteiger partial charge is 0.508 e. The number of nitrogens with zero attached hydrogens (tertiary/aromatic N) is 1. The molecule has 4 N–H and O–H groups in total. The molecule has 0 aromatic heterocycles. The second-order valence-electron chi connectivity index (χ2n) is 5.28. The minimum atomic E-state index is -0.855. The van der Waals surface area contributed by atoms with Gasteiger partial charge in [0, 0.05) is 13.0 Å². The monoisotopic (exact) mass is 328 g/mol. The van der Waals surface area contributed by atoms with Crippen molar-refractivity contribution in [2.24, 2.45) is 0 Å². The van der Waals surface area contributed by atoms with Gasteiger partial charge in [-0.1, -0.05) is 24.3 Å². The number of ether oxygens (including phenoxy) is 1. The lowest BCUT2D eigenvalue weighted by Gasteiger charge is -2.17. The van der Waals surface area contributed by atoms with Gasteiger partial charge in [0.1, 0.15) is 23.8 Å². The van der Waals surface area contributed by atoms with Gasteiger partial charge in [0.05, 0.1) is 18.3 Å². The highest BCUT2D eigenvalue weighted by atomic mass is 16.5. The summed E-state index contributed by atoms with van der Waals surface area (Å²) >= 11 is 0. The number of phenols is 1. The van der Waals surface area contributed by atoms with Gasteiger partial charge in [-0.3, -0.25) is 5.32 Å². The Hall–Kier alpha value is -2.59. The number of aromatic hydroxyl groups is 1. The average molecular weight is 328 g/mol. The molecular formula is C18H20N2O4. The van der Waals surface area contributed by atoms with Gasteiger partial charge in [-0.05, 0) is 29.8 Å². The van der Waals surface area contributed by atoms with Crippen LogP contribution in [0.4, 0.5) is 0 Å². The number of nitrogens with one attached hydrogen (secondary N) is 1. The Morgan fingerprint density at radius 2 is 1.92 bits per heavy atom. The van der Waals surface area contributed by atoms with Crippen molar-refractivity contribution in [1.29, 1.82) is 5.26 Å². The molecule has 0 radical (unpaired) electrons. The standard InChI is InChI=1S/C18H20N2O4/c19-11-14-4-1-2-7-17(14)24-9-8-18(23)20-12-16(22)13-5-3-6-15(21)10-13/h1-7,10,16,18,20-23H,8-9,12H2. The lowest BCUT2D eigenvalue weighted by Crippen LogP contribution is -2.33. The van der Waals surface area contributed by atoms with Crippen LogP contribution in [0.1, 0.15) is 23.7 Å². The molecule has 126 valence electrons. The zero-order chi connectivity index (χ0) is 17.4.